The molecule has 0 radical (unpaired) electrons. The Morgan fingerprint density at radius 3 is 2.89 bits per heavy atom. The predicted octanol–water partition coefficient (Wildman–Crippen LogP) is 3.89. The van der Waals surface area contributed by atoms with Crippen molar-refractivity contribution in [1.29, 1.82) is 0 Å². The largest absolute Gasteiger partial charge is 0.441 e. The Labute approximate surface area is 110 Å². The van der Waals surface area contributed by atoms with Crippen LogP contribution in [0.3, 0.4) is 0 Å². The van der Waals surface area contributed by atoms with Gasteiger partial charge in [-0.1, -0.05) is 18.2 Å². The Morgan fingerprint density at radius 1 is 1.21 bits per heavy atom. The van der Waals surface area contributed by atoms with Gasteiger partial charge >= 0.3 is 0 Å². The van der Waals surface area contributed by atoms with Crippen LogP contribution in [-0.2, 0) is 6.54 Å². The first-order chi connectivity index (χ1) is 9.22. The van der Waals surface area contributed by atoms with Crippen LogP contribution in [0, 0.1) is 12.7 Å². The number of hydrogen-bond donors (Lipinski definition) is 1. The zero-order valence-electron chi connectivity index (χ0n) is 10.5. The molecule has 19 heavy (non-hydrogen) atoms. The number of aromatic nitrogens is 1. The standard InChI is InChI=1S/C15H13FN2O/c1-10-18-14-8-12(6-7-15(14)19-10)17-9-11-4-2-3-5-13(11)16/h2-8,17H,9H2,1H3. The summed E-state index contributed by atoms with van der Waals surface area (Å²) in [6.45, 7) is 2.25. The van der Waals surface area contributed by atoms with E-state index in [2.05, 4.69) is 10.3 Å². The molecule has 0 bridgehead atoms. The molecule has 0 unspecified atom stereocenters. The van der Waals surface area contributed by atoms with Crippen LogP contribution in [0.15, 0.2) is 46.9 Å². The highest BCUT2D eigenvalue weighted by Gasteiger charge is 2.04. The summed E-state index contributed by atoms with van der Waals surface area (Å²) in [6, 6.07) is 12.4. The van der Waals surface area contributed by atoms with Crippen molar-refractivity contribution in [1.82, 2.24) is 4.98 Å². The van der Waals surface area contributed by atoms with Gasteiger partial charge in [0.15, 0.2) is 11.5 Å². The molecule has 1 N–H and O–H groups in total. The molecule has 3 nitrogen and oxygen atoms in total. The number of benzene rings is 2. The van der Waals surface area contributed by atoms with E-state index in [9.17, 15) is 4.39 Å². The van der Waals surface area contributed by atoms with E-state index < -0.39 is 0 Å². The second-order valence-corrected chi connectivity index (χ2v) is 4.36. The Hall–Kier alpha value is -2.36. The lowest BCUT2D eigenvalue weighted by Gasteiger charge is -2.06. The summed E-state index contributed by atoms with van der Waals surface area (Å²) in [5.41, 5.74) is 3.09. The fraction of sp³-hybridized carbons (Fsp3) is 0.133. The predicted molar refractivity (Wildman–Crippen MR) is 72.5 cm³/mol. The van der Waals surface area contributed by atoms with Gasteiger partial charge in [0.1, 0.15) is 11.3 Å². The number of rotatable bonds is 3. The topological polar surface area (TPSA) is 38.1 Å². The minimum absolute atomic E-state index is 0.201. The number of nitrogens with one attached hydrogen (secondary N) is 1. The van der Waals surface area contributed by atoms with Gasteiger partial charge in [-0.2, -0.15) is 0 Å². The van der Waals surface area contributed by atoms with E-state index in [-0.39, 0.29) is 5.82 Å². The average molecular weight is 256 g/mol. The van der Waals surface area contributed by atoms with Crippen LogP contribution in [0.2, 0.25) is 0 Å². The maximum atomic E-state index is 13.5. The first kappa shape index (κ1) is 11.7. The molecule has 0 amide bonds. The lowest BCUT2D eigenvalue weighted by molar-refractivity contribution is 0.561. The molecule has 2 aromatic carbocycles. The van der Waals surface area contributed by atoms with Crippen LogP contribution in [-0.4, -0.2) is 4.98 Å². The zero-order valence-corrected chi connectivity index (χ0v) is 10.5. The fourth-order valence-corrected chi connectivity index (χ4v) is 1.99. The summed E-state index contributed by atoms with van der Waals surface area (Å²) in [7, 11) is 0. The summed E-state index contributed by atoms with van der Waals surface area (Å²) in [5.74, 6) is 0.439. The van der Waals surface area contributed by atoms with Crippen LogP contribution in [0.4, 0.5) is 10.1 Å². The molecule has 0 saturated carbocycles. The number of nitrogens with zero attached hydrogens (tertiary/aromatic N) is 1. The number of hydrogen-bond acceptors (Lipinski definition) is 3. The maximum Gasteiger partial charge on any atom is 0.192 e. The SMILES string of the molecule is Cc1nc2cc(NCc3ccccc3F)ccc2o1. The first-order valence-corrected chi connectivity index (χ1v) is 6.07. The summed E-state index contributed by atoms with van der Waals surface area (Å²) in [6.07, 6.45) is 0. The van der Waals surface area contributed by atoms with Gasteiger partial charge in [-0.25, -0.2) is 9.37 Å². The molecule has 0 spiro atoms. The Bertz CT molecular complexity index is 721. The lowest BCUT2D eigenvalue weighted by atomic mass is 10.2. The molecular formula is C15H13FN2O. The van der Waals surface area contributed by atoms with Crippen molar-refractivity contribution in [3.63, 3.8) is 0 Å². The number of aryl methyl sites for hydroxylation is 1. The normalized spacial score (nSPS) is 10.8. The van der Waals surface area contributed by atoms with Crippen LogP contribution in [0.1, 0.15) is 11.5 Å². The van der Waals surface area contributed by atoms with Gasteiger partial charge in [-0.05, 0) is 24.3 Å². The molecule has 3 rings (SSSR count). The smallest absolute Gasteiger partial charge is 0.192 e. The van der Waals surface area contributed by atoms with Gasteiger partial charge in [0, 0.05) is 24.7 Å². The number of oxazole rings is 1. The van der Waals surface area contributed by atoms with Crippen molar-refractivity contribution < 1.29 is 8.81 Å². The third-order valence-electron chi connectivity index (χ3n) is 2.94. The Kier molecular flexibility index (Phi) is 2.91. The Balaban J connectivity index is 1.80. The summed E-state index contributed by atoms with van der Waals surface area (Å²) < 4.78 is 18.9. The molecule has 0 saturated heterocycles. The third kappa shape index (κ3) is 2.42. The lowest BCUT2D eigenvalue weighted by Crippen LogP contribution is -2.01. The van der Waals surface area contributed by atoms with Crippen LogP contribution in [0.25, 0.3) is 11.1 Å². The van der Waals surface area contributed by atoms with Gasteiger partial charge in [-0.3, -0.25) is 0 Å². The molecule has 0 aliphatic carbocycles. The van der Waals surface area contributed by atoms with Gasteiger partial charge in [0.2, 0.25) is 0 Å². The van der Waals surface area contributed by atoms with Crippen LogP contribution in [0.5, 0.6) is 0 Å². The number of anilines is 1. The number of halogens is 1. The van der Waals surface area contributed by atoms with Crippen molar-refractivity contribution in [3.8, 4) is 0 Å². The van der Waals surface area contributed by atoms with Crippen molar-refractivity contribution in [3.05, 3.63) is 59.7 Å². The summed E-state index contributed by atoms with van der Waals surface area (Å²) in [4.78, 5) is 4.27. The van der Waals surface area contributed by atoms with E-state index in [0.717, 1.165) is 16.8 Å². The van der Waals surface area contributed by atoms with Crippen molar-refractivity contribution in [2.45, 2.75) is 13.5 Å². The van der Waals surface area contributed by atoms with Gasteiger partial charge in [-0.15, -0.1) is 0 Å². The quantitative estimate of drug-likeness (QED) is 0.772. The third-order valence-corrected chi connectivity index (χ3v) is 2.94. The summed E-state index contributed by atoms with van der Waals surface area (Å²) >= 11 is 0. The Morgan fingerprint density at radius 2 is 2.05 bits per heavy atom. The fourth-order valence-electron chi connectivity index (χ4n) is 1.99. The van der Waals surface area contributed by atoms with Crippen LogP contribution < -0.4 is 5.32 Å². The zero-order chi connectivity index (χ0) is 13.2. The van der Waals surface area contributed by atoms with Crippen molar-refractivity contribution in [2.24, 2.45) is 0 Å². The van der Waals surface area contributed by atoms with E-state index in [4.69, 9.17) is 4.42 Å². The molecule has 3 aromatic rings. The maximum absolute atomic E-state index is 13.5. The molecule has 4 heteroatoms. The van der Waals surface area contributed by atoms with Gasteiger partial charge < -0.3 is 9.73 Å². The highest BCUT2D eigenvalue weighted by atomic mass is 19.1. The van der Waals surface area contributed by atoms with Gasteiger partial charge in [0.25, 0.3) is 0 Å². The van der Waals surface area contributed by atoms with Crippen molar-refractivity contribution in [2.75, 3.05) is 5.32 Å². The molecule has 0 fully saturated rings. The van der Waals surface area contributed by atoms with E-state index in [0.29, 0.717) is 18.0 Å². The molecule has 1 aromatic heterocycles. The first-order valence-electron chi connectivity index (χ1n) is 6.07. The van der Waals surface area contributed by atoms with Gasteiger partial charge in [0.05, 0.1) is 0 Å². The van der Waals surface area contributed by atoms with Crippen LogP contribution >= 0.6 is 0 Å². The molecule has 0 aliphatic heterocycles. The monoisotopic (exact) mass is 256 g/mol. The van der Waals surface area contributed by atoms with Crippen molar-refractivity contribution >= 4 is 16.8 Å². The number of fused-ring (bicyclic) bond motifs is 1. The highest BCUT2D eigenvalue weighted by Crippen LogP contribution is 2.20. The highest BCUT2D eigenvalue weighted by molar-refractivity contribution is 5.77. The molecule has 0 atom stereocenters. The molecular weight excluding hydrogens is 243 g/mol. The van der Waals surface area contributed by atoms with E-state index in [1.807, 2.05) is 31.2 Å². The average Bonchev–Trinajstić information content (AvgIpc) is 2.77. The second kappa shape index (κ2) is 4.72. The van der Waals surface area contributed by atoms with E-state index in [1.165, 1.54) is 6.07 Å². The molecule has 0 aliphatic rings. The minimum atomic E-state index is -0.201. The minimum Gasteiger partial charge on any atom is -0.441 e. The molecule has 1 heterocycles. The van der Waals surface area contributed by atoms with E-state index >= 15 is 0 Å². The molecule has 96 valence electrons. The second-order valence-electron chi connectivity index (χ2n) is 4.36. The van der Waals surface area contributed by atoms with E-state index in [1.54, 1.807) is 12.1 Å². The summed E-state index contributed by atoms with van der Waals surface area (Å²) in [5, 5.41) is 3.18.